The van der Waals surface area contributed by atoms with Crippen molar-refractivity contribution in [2.24, 2.45) is 40.4 Å². The topological polar surface area (TPSA) is 40.5 Å². The Balaban J connectivity index is 1.39. The number of aliphatic hydroxyl groups excluding tert-OH is 2. The number of hydrogen-bond donors (Lipinski definition) is 2. The Hall–Kier alpha value is -0.0800. The molecule has 0 spiro atoms. The Morgan fingerprint density at radius 3 is 2.28 bits per heavy atom. The van der Waals surface area contributed by atoms with Crippen LogP contribution in [0.15, 0.2) is 0 Å². The van der Waals surface area contributed by atoms with E-state index in [4.69, 9.17) is 0 Å². The summed E-state index contributed by atoms with van der Waals surface area (Å²) in [7, 11) is 0. The van der Waals surface area contributed by atoms with Gasteiger partial charge in [0.25, 0.3) is 0 Å². The Morgan fingerprint density at radius 1 is 0.759 bits per heavy atom. The molecule has 9 unspecified atom stereocenters. The van der Waals surface area contributed by atoms with Crippen molar-refractivity contribution in [2.45, 2.75) is 129 Å². The molecule has 2 N–H and O–H groups in total. The predicted octanol–water partition coefficient (Wildman–Crippen LogP) is 6.73. The fraction of sp³-hybridized carbons (Fsp3) is 1.00. The molecule has 0 heterocycles. The highest BCUT2D eigenvalue weighted by Gasteiger charge is 2.60. The number of hydrogen-bond acceptors (Lipinski definition) is 2. The van der Waals surface area contributed by atoms with E-state index in [1.807, 2.05) is 0 Å². The summed E-state index contributed by atoms with van der Waals surface area (Å²) in [5.41, 5.74) is 0.848. The molecular weight excluding hydrogens is 356 g/mol. The normalized spacial score (nSPS) is 49.3. The zero-order valence-corrected chi connectivity index (χ0v) is 19.5. The molecule has 29 heavy (non-hydrogen) atoms. The molecular formula is C27H48O2. The highest BCUT2D eigenvalue weighted by molar-refractivity contribution is 5.10. The van der Waals surface area contributed by atoms with Crippen LogP contribution in [-0.4, -0.2) is 22.4 Å². The Bertz CT molecular complexity index is 547. The van der Waals surface area contributed by atoms with Gasteiger partial charge in [-0.3, -0.25) is 0 Å². The average molecular weight is 405 g/mol. The molecule has 0 aromatic rings. The van der Waals surface area contributed by atoms with Gasteiger partial charge in [-0.15, -0.1) is 0 Å². The maximum absolute atomic E-state index is 10.5. The quantitative estimate of drug-likeness (QED) is 0.462. The van der Waals surface area contributed by atoms with Gasteiger partial charge in [-0.05, 0) is 98.2 Å². The summed E-state index contributed by atoms with van der Waals surface area (Å²) in [6.07, 6.45) is 19.1. The van der Waals surface area contributed by atoms with Crippen LogP contribution in [0.5, 0.6) is 0 Å². The van der Waals surface area contributed by atoms with Crippen LogP contribution in [0.3, 0.4) is 0 Å². The number of unbranched alkanes of at least 4 members (excludes halogenated alkanes) is 5. The van der Waals surface area contributed by atoms with Gasteiger partial charge in [-0.2, -0.15) is 0 Å². The maximum Gasteiger partial charge on any atom is 0.0804 e. The molecule has 2 nitrogen and oxygen atoms in total. The monoisotopic (exact) mass is 404 g/mol. The summed E-state index contributed by atoms with van der Waals surface area (Å²) in [5, 5.41) is 20.7. The molecule has 0 radical (unpaired) electrons. The molecule has 2 heteroatoms. The molecule has 4 aliphatic rings. The van der Waals surface area contributed by atoms with E-state index in [1.165, 1.54) is 83.5 Å². The number of aliphatic hydroxyl groups is 2. The molecule has 168 valence electrons. The van der Waals surface area contributed by atoms with Gasteiger partial charge < -0.3 is 10.2 Å². The van der Waals surface area contributed by atoms with Crippen molar-refractivity contribution in [1.82, 2.24) is 0 Å². The highest BCUT2D eigenvalue weighted by Crippen LogP contribution is 2.67. The summed E-state index contributed by atoms with van der Waals surface area (Å²) >= 11 is 0. The number of rotatable bonds is 7. The second-order valence-corrected chi connectivity index (χ2v) is 12.1. The molecule has 0 aromatic heterocycles. The first-order chi connectivity index (χ1) is 13.9. The minimum atomic E-state index is -0.493. The summed E-state index contributed by atoms with van der Waals surface area (Å²) in [5.74, 6) is 4.19. The fourth-order valence-electron chi connectivity index (χ4n) is 9.03. The van der Waals surface area contributed by atoms with Gasteiger partial charge >= 0.3 is 0 Å². The third-order valence-corrected chi connectivity index (χ3v) is 10.8. The summed E-state index contributed by atoms with van der Waals surface area (Å²) < 4.78 is 0. The second kappa shape index (κ2) is 8.81. The molecule has 0 amide bonds. The maximum atomic E-state index is 10.5. The van der Waals surface area contributed by atoms with Gasteiger partial charge in [0.05, 0.1) is 12.2 Å². The van der Waals surface area contributed by atoms with Gasteiger partial charge in [-0.25, -0.2) is 0 Å². The van der Waals surface area contributed by atoms with E-state index in [-0.39, 0.29) is 5.41 Å². The molecule has 4 fully saturated rings. The minimum Gasteiger partial charge on any atom is -0.390 e. The van der Waals surface area contributed by atoms with E-state index in [9.17, 15) is 10.2 Å². The lowest BCUT2D eigenvalue weighted by Crippen LogP contribution is -2.56. The van der Waals surface area contributed by atoms with Gasteiger partial charge in [0, 0.05) is 0 Å². The van der Waals surface area contributed by atoms with Gasteiger partial charge in [0.15, 0.2) is 0 Å². The van der Waals surface area contributed by atoms with E-state index in [1.54, 1.807) is 0 Å². The Morgan fingerprint density at radius 2 is 1.48 bits per heavy atom. The van der Waals surface area contributed by atoms with Crippen LogP contribution in [0.25, 0.3) is 0 Å². The predicted molar refractivity (Wildman–Crippen MR) is 121 cm³/mol. The van der Waals surface area contributed by atoms with Crippen LogP contribution in [0.2, 0.25) is 0 Å². The largest absolute Gasteiger partial charge is 0.390 e. The average Bonchev–Trinajstić information content (AvgIpc) is 3.02. The Kier molecular flexibility index (Phi) is 6.72. The first-order valence-electron chi connectivity index (χ1n) is 13.3. The summed E-state index contributed by atoms with van der Waals surface area (Å²) in [6.45, 7) is 7.45. The van der Waals surface area contributed by atoms with Crippen molar-refractivity contribution >= 4 is 0 Å². The number of fused-ring (bicyclic) bond motifs is 5. The molecule has 4 aliphatic carbocycles. The van der Waals surface area contributed by atoms with Gasteiger partial charge in [0.1, 0.15) is 0 Å². The van der Waals surface area contributed by atoms with E-state index in [0.717, 1.165) is 36.5 Å². The zero-order valence-electron chi connectivity index (χ0n) is 19.5. The molecule has 4 saturated carbocycles. The van der Waals surface area contributed by atoms with Gasteiger partial charge in [-0.1, -0.05) is 59.3 Å². The molecule has 0 bridgehead atoms. The van der Waals surface area contributed by atoms with Crippen molar-refractivity contribution in [2.75, 3.05) is 0 Å². The standard InChI is InChI=1S/C27H48O2/c1-4-5-6-7-8-9-10-19-12-14-22-21-13-11-20-17-24(28)25(29)18-27(20,3)23(21)15-16-26(19,22)2/h19-25,28-29H,4-18H2,1-3H3. The van der Waals surface area contributed by atoms with Crippen LogP contribution in [0, 0.1) is 40.4 Å². The van der Waals surface area contributed by atoms with Crippen LogP contribution in [0.4, 0.5) is 0 Å². The SMILES string of the molecule is CCCCCCCCC1CCC2C3CCC4CC(O)C(O)CC4(C)C3CCC12C. The van der Waals surface area contributed by atoms with E-state index < -0.39 is 12.2 Å². The fourth-order valence-corrected chi connectivity index (χ4v) is 9.03. The van der Waals surface area contributed by atoms with Crippen molar-refractivity contribution in [3.05, 3.63) is 0 Å². The lowest BCUT2D eigenvalue weighted by atomic mass is 9.44. The highest BCUT2D eigenvalue weighted by atomic mass is 16.3. The van der Waals surface area contributed by atoms with E-state index in [2.05, 4.69) is 20.8 Å². The van der Waals surface area contributed by atoms with Crippen LogP contribution < -0.4 is 0 Å². The van der Waals surface area contributed by atoms with E-state index in [0.29, 0.717) is 11.3 Å². The third-order valence-electron chi connectivity index (χ3n) is 10.8. The smallest absolute Gasteiger partial charge is 0.0804 e. The van der Waals surface area contributed by atoms with Crippen molar-refractivity contribution in [1.29, 1.82) is 0 Å². The summed E-state index contributed by atoms with van der Waals surface area (Å²) in [6, 6.07) is 0. The van der Waals surface area contributed by atoms with Crippen LogP contribution in [0.1, 0.15) is 117 Å². The van der Waals surface area contributed by atoms with E-state index >= 15 is 0 Å². The minimum absolute atomic E-state index is 0.264. The van der Waals surface area contributed by atoms with Crippen molar-refractivity contribution in [3.63, 3.8) is 0 Å². The molecule has 0 aromatic carbocycles. The molecule has 0 aliphatic heterocycles. The second-order valence-electron chi connectivity index (χ2n) is 12.1. The lowest BCUT2D eigenvalue weighted by molar-refractivity contribution is -0.159. The zero-order chi connectivity index (χ0) is 20.6. The third kappa shape index (κ3) is 3.95. The molecule has 4 rings (SSSR count). The van der Waals surface area contributed by atoms with Crippen LogP contribution >= 0.6 is 0 Å². The molecule has 0 saturated heterocycles. The first kappa shape index (κ1) is 22.1. The van der Waals surface area contributed by atoms with Crippen LogP contribution in [-0.2, 0) is 0 Å². The van der Waals surface area contributed by atoms with Gasteiger partial charge in [0.2, 0.25) is 0 Å². The first-order valence-corrected chi connectivity index (χ1v) is 13.3. The summed E-state index contributed by atoms with van der Waals surface area (Å²) in [4.78, 5) is 0. The Labute approximate surface area is 180 Å². The van der Waals surface area contributed by atoms with Crippen molar-refractivity contribution in [3.8, 4) is 0 Å². The lowest BCUT2D eigenvalue weighted by Gasteiger charge is -2.61. The van der Waals surface area contributed by atoms with Crippen molar-refractivity contribution < 1.29 is 10.2 Å². The molecule has 9 atom stereocenters.